The summed E-state index contributed by atoms with van der Waals surface area (Å²) in [5, 5.41) is 0. The highest BCUT2D eigenvalue weighted by molar-refractivity contribution is 7.89. The van der Waals surface area contributed by atoms with Gasteiger partial charge in [0.1, 0.15) is 0 Å². The van der Waals surface area contributed by atoms with Crippen molar-refractivity contribution in [1.29, 1.82) is 0 Å². The van der Waals surface area contributed by atoms with Gasteiger partial charge in [0.15, 0.2) is 0 Å². The number of benzene rings is 2. The summed E-state index contributed by atoms with van der Waals surface area (Å²) >= 11 is 0. The molecule has 138 valence electrons. The molecule has 0 saturated carbocycles. The van der Waals surface area contributed by atoms with Gasteiger partial charge in [-0.25, -0.2) is 13.1 Å². The standard InChI is InChI=1S/C19H23N3O3S/c1-21(2)16-6-4-14(5-7-16)10-11-20-26(24,25)17-8-9-18-15(12-17)13-19(23)22(18)3/h4-9,12,20H,10-11,13H2,1-3H3. The molecule has 0 radical (unpaired) electrons. The second-order valence-corrected chi connectivity index (χ2v) is 8.40. The topological polar surface area (TPSA) is 69.7 Å². The average Bonchev–Trinajstić information content (AvgIpc) is 2.89. The van der Waals surface area contributed by atoms with Crippen molar-refractivity contribution in [3.63, 3.8) is 0 Å². The third-order valence-electron chi connectivity index (χ3n) is 4.60. The van der Waals surface area contributed by atoms with Crippen molar-refractivity contribution in [2.24, 2.45) is 0 Å². The summed E-state index contributed by atoms with van der Waals surface area (Å²) in [4.78, 5) is 15.5. The Balaban J connectivity index is 1.64. The molecule has 3 rings (SSSR count). The Labute approximate surface area is 154 Å². The molecule has 0 aromatic heterocycles. The minimum absolute atomic E-state index is 0.0244. The van der Waals surface area contributed by atoms with E-state index in [-0.39, 0.29) is 17.2 Å². The van der Waals surface area contributed by atoms with Crippen LogP contribution in [0.3, 0.4) is 0 Å². The molecule has 6 nitrogen and oxygen atoms in total. The number of hydrogen-bond donors (Lipinski definition) is 1. The molecule has 0 saturated heterocycles. The minimum Gasteiger partial charge on any atom is -0.378 e. The smallest absolute Gasteiger partial charge is 0.240 e. The Morgan fingerprint density at radius 1 is 1.12 bits per heavy atom. The van der Waals surface area contributed by atoms with Crippen LogP contribution >= 0.6 is 0 Å². The molecule has 2 aromatic rings. The van der Waals surface area contributed by atoms with Crippen molar-refractivity contribution in [2.45, 2.75) is 17.7 Å². The molecule has 0 aliphatic carbocycles. The monoisotopic (exact) mass is 373 g/mol. The summed E-state index contributed by atoms with van der Waals surface area (Å²) in [6.45, 7) is 0.319. The molecule has 1 aliphatic heterocycles. The van der Waals surface area contributed by atoms with E-state index >= 15 is 0 Å². The van der Waals surface area contributed by atoms with Crippen LogP contribution in [0.1, 0.15) is 11.1 Å². The third-order valence-corrected chi connectivity index (χ3v) is 6.06. The number of anilines is 2. The fraction of sp³-hybridized carbons (Fsp3) is 0.316. The molecule has 0 fully saturated rings. The maximum absolute atomic E-state index is 12.5. The molecular formula is C19H23N3O3S. The van der Waals surface area contributed by atoms with Crippen LogP contribution in [-0.4, -0.2) is 42.0 Å². The highest BCUT2D eigenvalue weighted by Crippen LogP contribution is 2.29. The van der Waals surface area contributed by atoms with Gasteiger partial charge in [0.25, 0.3) is 0 Å². The first kappa shape index (κ1) is 18.4. The molecule has 0 unspecified atom stereocenters. The van der Waals surface area contributed by atoms with E-state index in [0.29, 0.717) is 13.0 Å². The number of rotatable bonds is 6. The summed E-state index contributed by atoms with van der Waals surface area (Å²) in [5.41, 5.74) is 3.70. The van der Waals surface area contributed by atoms with Crippen molar-refractivity contribution in [2.75, 3.05) is 37.5 Å². The van der Waals surface area contributed by atoms with Gasteiger partial charge < -0.3 is 9.80 Å². The zero-order valence-corrected chi connectivity index (χ0v) is 16.0. The van der Waals surface area contributed by atoms with E-state index in [1.54, 1.807) is 30.1 Å². The van der Waals surface area contributed by atoms with Crippen molar-refractivity contribution in [3.05, 3.63) is 53.6 Å². The molecule has 1 heterocycles. The number of sulfonamides is 1. The molecule has 1 aliphatic rings. The first-order chi connectivity index (χ1) is 12.3. The summed E-state index contributed by atoms with van der Waals surface area (Å²) in [6, 6.07) is 12.8. The molecule has 0 bridgehead atoms. The van der Waals surface area contributed by atoms with Gasteiger partial charge in [-0.15, -0.1) is 0 Å². The van der Waals surface area contributed by atoms with Crippen LogP contribution < -0.4 is 14.5 Å². The van der Waals surface area contributed by atoms with Crippen LogP contribution in [0.2, 0.25) is 0 Å². The van der Waals surface area contributed by atoms with Crippen LogP contribution in [0.5, 0.6) is 0 Å². The maximum atomic E-state index is 12.5. The first-order valence-electron chi connectivity index (χ1n) is 8.43. The molecule has 1 amide bonds. The number of nitrogens with one attached hydrogen (secondary N) is 1. The predicted octanol–water partition coefficient (Wildman–Crippen LogP) is 1.79. The van der Waals surface area contributed by atoms with Gasteiger partial charge >= 0.3 is 0 Å². The zero-order valence-electron chi connectivity index (χ0n) is 15.2. The number of carbonyl (C=O) groups excluding carboxylic acids is 1. The third kappa shape index (κ3) is 3.73. The lowest BCUT2D eigenvalue weighted by atomic mass is 10.1. The SMILES string of the molecule is CN(C)c1ccc(CCNS(=O)(=O)c2ccc3c(c2)CC(=O)N3C)cc1. The van der Waals surface area contributed by atoms with Crippen molar-refractivity contribution >= 4 is 27.3 Å². The van der Waals surface area contributed by atoms with Gasteiger partial charge in [0.05, 0.1) is 11.3 Å². The van der Waals surface area contributed by atoms with E-state index in [9.17, 15) is 13.2 Å². The van der Waals surface area contributed by atoms with Crippen LogP contribution in [0.15, 0.2) is 47.4 Å². The quantitative estimate of drug-likeness (QED) is 0.838. The van der Waals surface area contributed by atoms with Gasteiger partial charge in [-0.3, -0.25) is 4.79 Å². The van der Waals surface area contributed by atoms with E-state index in [2.05, 4.69) is 4.72 Å². The molecule has 7 heteroatoms. The molecule has 1 N–H and O–H groups in total. The zero-order chi connectivity index (χ0) is 18.9. The number of nitrogens with zero attached hydrogens (tertiary/aromatic N) is 2. The Morgan fingerprint density at radius 3 is 2.46 bits per heavy atom. The van der Waals surface area contributed by atoms with Crippen molar-refractivity contribution < 1.29 is 13.2 Å². The lowest BCUT2D eigenvalue weighted by Crippen LogP contribution is -2.26. The number of carbonyl (C=O) groups is 1. The summed E-state index contributed by atoms with van der Waals surface area (Å²) < 4.78 is 27.7. The second kappa shape index (κ2) is 7.09. The highest BCUT2D eigenvalue weighted by Gasteiger charge is 2.26. The van der Waals surface area contributed by atoms with E-state index < -0.39 is 10.0 Å². The van der Waals surface area contributed by atoms with Gasteiger partial charge in [-0.1, -0.05) is 12.1 Å². The Hall–Kier alpha value is -2.38. The maximum Gasteiger partial charge on any atom is 0.240 e. The van der Waals surface area contributed by atoms with Crippen LogP contribution in [-0.2, 0) is 27.7 Å². The summed E-state index contributed by atoms with van der Waals surface area (Å²) in [7, 11) is 2.05. The second-order valence-electron chi connectivity index (χ2n) is 6.63. The number of hydrogen-bond acceptors (Lipinski definition) is 4. The fourth-order valence-electron chi connectivity index (χ4n) is 2.99. The number of fused-ring (bicyclic) bond motifs is 1. The highest BCUT2D eigenvalue weighted by atomic mass is 32.2. The van der Waals surface area contributed by atoms with Crippen molar-refractivity contribution in [3.8, 4) is 0 Å². The summed E-state index contributed by atoms with van der Waals surface area (Å²) in [5.74, 6) is -0.0244. The molecule has 26 heavy (non-hydrogen) atoms. The lowest BCUT2D eigenvalue weighted by molar-refractivity contribution is -0.117. The van der Waals surface area contributed by atoms with E-state index in [4.69, 9.17) is 0 Å². The predicted molar refractivity (Wildman–Crippen MR) is 103 cm³/mol. The number of amides is 1. The van der Waals surface area contributed by atoms with Crippen LogP contribution in [0.4, 0.5) is 11.4 Å². The molecule has 0 atom stereocenters. The summed E-state index contributed by atoms with van der Waals surface area (Å²) in [6.07, 6.45) is 0.854. The Morgan fingerprint density at radius 2 is 1.81 bits per heavy atom. The Bertz CT molecular complexity index is 922. The van der Waals surface area contributed by atoms with Crippen LogP contribution in [0, 0.1) is 0 Å². The van der Waals surface area contributed by atoms with E-state index in [1.807, 2.05) is 43.3 Å². The number of likely N-dealkylation sites (N-methyl/N-ethyl adjacent to an activating group) is 1. The fourth-order valence-corrected chi connectivity index (χ4v) is 4.07. The van der Waals surface area contributed by atoms with Gasteiger partial charge in [-0.05, 0) is 47.9 Å². The molecule has 2 aromatic carbocycles. The minimum atomic E-state index is -3.60. The van der Waals surface area contributed by atoms with Crippen LogP contribution in [0.25, 0.3) is 0 Å². The average molecular weight is 373 g/mol. The van der Waals surface area contributed by atoms with Crippen molar-refractivity contribution in [1.82, 2.24) is 4.72 Å². The first-order valence-corrected chi connectivity index (χ1v) is 9.91. The largest absolute Gasteiger partial charge is 0.378 e. The van der Waals surface area contributed by atoms with E-state index in [1.165, 1.54) is 0 Å². The lowest BCUT2D eigenvalue weighted by Gasteiger charge is -2.13. The molecule has 0 spiro atoms. The Kier molecular flexibility index (Phi) is 5.02. The van der Waals surface area contributed by atoms with Gasteiger partial charge in [0.2, 0.25) is 15.9 Å². The van der Waals surface area contributed by atoms with Gasteiger partial charge in [-0.2, -0.15) is 0 Å². The molecular weight excluding hydrogens is 350 g/mol. The normalized spacial score (nSPS) is 13.8. The van der Waals surface area contributed by atoms with E-state index in [0.717, 1.165) is 22.5 Å². The van der Waals surface area contributed by atoms with Gasteiger partial charge in [0, 0.05) is 39.1 Å².